The van der Waals surface area contributed by atoms with Gasteiger partial charge in [0.05, 0.1) is 12.3 Å². The Kier molecular flexibility index (Phi) is 4.61. The highest BCUT2D eigenvalue weighted by Gasteiger charge is 2.06. The number of nitrogens with one attached hydrogen (secondary N) is 2. The Morgan fingerprint density at radius 3 is 3.00 bits per heavy atom. The summed E-state index contributed by atoms with van der Waals surface area (Å²) >= 11 is 0. The van der Waals surface area contributed by atoms with Crippen LogP contribution in [0.2, 0.25) is 0 Å². The third kappa shape index (κ3) is 3.51. The lowest BCUT2D eigenvalue weighted by atomic mass is 10.2. The van der Waals surface area contributed by atoms with Gasteiger partial charge in [-0.2, -0.15) is 0 Å². The lowest BCUT2D eigenvalue weighted by Crippen LogP contribution is -2.31. The number of hydrogen-bond donors (Lipinski definition) is 2. The van der Waals surface area contributed by atoms with E-state index in [1.54, 1.807) is 11.8 Å². The molecule has 0 saturated heterocycles. The van der Waals surface area contributed by atoms with Crippen molar-refractivity contribution < 1.29 is 9.53 Å². The van der Waals surface area contributed by atoms with E-state index in [2.05, 4.69) is 26.2 Å². The maximum absolute atomic E-state index is 11.6. The number of carbonyl (C=O) groups excluding carboxylic acids is 1. The minimum Gasteiger partial charge on any atom is -0.383 e. The van der Waals surface area contributed by atoms with Crippen molar-refractivity contribution in [2.24, 2.45) is 0 Å². The topological polar surface area (TPSA) is 94.0 Å². The molecule has 2 aromatic rings. The van der Waals surface area contributed by atoms with Crippen molar-refractivity contribution >= 4 is 11.7 Å². The lowest BCUT2D eigenvalue weighted by molar-refractivity contribution is 0.198. The number of anilines is 1. The summed E-state index contributed by atoms with van der Waals surface area (Å²) in [6.07, 6.45) is 1.50. The number of hydrogen-bond acceptors (Lipinski definition) is 5. The van der Waals surface area contributed by atoms with Gasteiger partial charge in [0.15, 0.2) is 0 Å². The zero-order valence-electron chi connectivity index (χ0n) is 11.3. The van der Waals surface area contributed by atoms with Crippen molar-refractivity contribution in [2.75, 3.05) is 25.6 Å². The molecule has 0 spiro atoms. The highest BCUT2D eigenvalue weighted by Crippen LogP contribution is 2.18. The van der Waals surface area contributed by atoms with E-state index < -0.39 is 0 Å². The van der Waals surface area contributed by atoms with Crippen molar-refractivity contribution in [3.05, 3.63) is 30.1 Å². The van der Waals surface area contributed by atoms with E-state index in [4.69, 9.17) is 4.74 Å². The Hall–Kier alpha value is -2.48. The maximum atomic E-state index is 11.6. The van der Waals surface area contributed by atoms with Gasteiger partial charge in [0.25, 0.3) is 0 Å². The number of benzene rings is 1. The quantitative estimate of drug-likeness (QED) is 0.785. The summed E-state index contributed by atoms with van der Waals surface area (Å²) in [6.45, 7) is 2.87. The Morgan fingerprint density at radius 1 is 1.45 bits per heavy atom. The summed E-state index contributed by atoms with van der Waals surface area (Å²) < 4.78 is 6.40. The van der Waals surface area contributed by atoms with Crippen LogP contribution in [0.5, 0.6) is 0 Å². The molecule has 0 aliphatic carbocycles. The second-order valence-corrected chi connectivity index (χ2v) is 4.13. The average molecular weight is 276 g/mol. The van der Waals surface area contributed by atoms with Crippen LogP contribution in [0.1, 0.15) is 5.56 Å². The summed E-state index contributed by atoms with van der Waals surface area (Å²) in [4.78, 5) is 11.6. The molecule has 0 atom stereocenters. The molecule has 0 aliphatic heterocycles. The van der Waals surface area contributed by atoms with E-state index in [1.165, 1.54) is 6.33 Å². The standard InChI is InChI=1S/C12H16N6O2/c1-9-3-4-10(15-12(19)13-5-6-20-2)7-11(9)18-8-14-16-17-18/h3-4,7-8H,5-6H2,1-2H3,(H2,13,15,19). The van der Waals surface area contributed by atoms with Gasteiger partial charge in [0, 0.05) is 19.3 Å². The van der Waals surface area contributed by atoms with Crippen molar-refractivity contribution in [1.29, 1.82) is 0 Å². The molecule has 0 saturated carbocycles. The first-order valence-electron chi connectivity index (χ1n) is 6.08. The number of urea groups is 1. The van der Waals surface area contributed by atoms with Crippen LogP contribution in [0, 0.1) is 6.92 Å². The summed E-state index contributed by atoms with van der Waals surface area (Å²) in [7, 11) is 1.58. The number of carbonyl (C=O) groups is 1. The first kappa shape index (κ1) is 13.9. The second-order valence-electron chi connectivity index (χ2n) is 4.13. The molecular formula is C12H16N6O2. The van der Waals surface area contributed by atoms with Gasteiger partial charge >= 0.3 is 6.03 Å². The molecule has 0 bridgehead atoms. The Balaban J connectivity index is 2.06. The Bertz CT molecular complexity index is 569. The predicted molar refractivity (Wildman–Crippen MR) is 72.8 cm³/mol. The smallest absolute Gasteiger partial charge is 0.319 e. The van der Waals surface area contributed by atoms with Gasteiger partial charge < -0.3 is 15.4 Å². The van der Waals surface area contributed by atoms with E-state index in [-0.39, 0.29) is 6.03 Å². The highest BCUT2D eigenvalue weighted by molar-refractivity contribution is 5.89. The third-order valence-corrected chi connectivity index (χ3v) is 2.65. The molecule has 20 heavy (non-hydrogen) atoms. The molecule has 1 aromatic heterocycles. The molecule has 2 rings (SSSR count). The van der Waals surface area contributed by atoms with Crippen molar-refractivity contribution in [3.8, 4) is 5.69 Å². The van der Waals surface area contributed by atoms with Crippen LogP contribution in [-0.4, -0.2) is 46.5 Å². The fraction of sp³-hybridized carbons (Fsp3) is 0.333. The minimum atomic E-state index is -0.284. The number of rotatable bonds is 5. The van der Waals surface area contributed by atoms with E-state index in [0.29, 0.717) is 18.8 Å². The zero-order chi connectivity index (χ0) is 14.4. The molecule has 8 nitrogen and oxygen atoms in total. The van der Waals surface area contributed by atoms with Crippen molar-refractivity contribution in [2.45, 2.75) is 6.92 Å². The highest BCUT2D eigenvalue weighted by atomic mass is 16.5. The van der Waals surface area contributed by atoms with Gasteiger partial charge in [-0.25, -0.2) is 9.48 Å². The van der Waals surface area contributed by atoms with Crippen LogP contribution in [0.25, 0.3) is 5.69 Å². The van der Waals surface area contributed by atoms with Gasteiger partial charge in [0.2, 0.25) is 0 Å². The SMILES string of the molecule is COCCNC(=O)Nc1ccc(C)c(-n2cnnn2)c1. The molecule has 0 aliphatic rings. The first-order chi connectivity index (χ1) is 9.70. The van der Waals surface area contributed by atoms with Gasteiger partial charge in [-0.1, -0.05) is 6.07 Å². The minimum absolute atomic E-state index is 0.284. The van der Waals surface area contributed by atoms with E-state index in [9.17, 15) is 4.79 Å². The van der Waals surface area contributed by atoms with Gasteiger partial charge in [0.1, 0.15) is 6.33 Å². The summed E-state index contributed by atoms with van der Waals surface area (Å²) in [5.41, 5.74) is 2.48. The van der Waals surface area contributed by atoms with Gasteiger partial charge in [-0.05, 0) is 35.0 Å². The van der Waals surface area contributed by atoms with Crippen molar-refractivity contribution in [1.82, 2.24) is 25.5 Å². The lowest BCUT2D eigenvalue weighted by Gasteiger charge is -2.10. The third-order valence-electron chi connectivity index (χ3n) is 2.65. The fourth-order valence-corrected chi connectivity index (χ4v) is 1.65. The van der Waals surface area contributed by atoms with Gasteiger partial charge in [-0.15, -0.1) is 5.10 Å². The second kappa shape index (κ2) is 6.62. The molecule has 2 amide bonds. The Labute approximate surface area is 116 Å². The predicted octanol–water partition coefficient (Wildman–Crippen LogP) is 0.739. The van der Waals surface area contributed by atoms with E-state index >= 15 is 0 Å². The number of nitrogens with zero attached hydrogens (tertiary/aromatic N) is 4. The number of amides is 2. The molecular weight excluding hydrogens is 260 g/mol. The monoisotopic (exact) mass is 276 g/mol. The summed E-state index contributed by atoms with van der Waals surface area (Å²) in [5.74, 6) is 0. The van der Waals surface area contributed by atoms with E-state index in [0.717, 1.165) is 11.3 Å². The van der Waals surface area contributed by atoms with Crippen LogP contribution in [0.3, 0.4) is 0 Å². The summed E-state index contributed by atoms with van der Waals surface area (Å²) in [5, 5.41) is 16.5. The number of aromatic nitrogens is 4. The van der Waals surface area contributed by atoms with Crippen LogP contribution in [-0.2, 0) is 4.74 Å². The molecule has 106 valence electrons. The first-order valence-corrected chi connectivity index (χ1v) is 6.08. The maximum Gasteiger partial charge on any atom is 0.319 e. The van der Waals surface area contributed by atoms with Crippen LogP contribution < -0.4 is 10.6 Å². The van der Waals surface area contributed by atoms with Gasteiger partial charge in [-0.3, -0.25) is 0 Å². The average Bonchev–Trinajstić information content (AvgIpc) is 2.95. The largest absolute Gasteiger partial charge is 0.383 e. The molecule has 1 aromatic carbocycles. The molecule has 0 radical (unpaired) electrons. The fourth-order valence-electron chi connectivity index (χ4n) is 1.65. The molecule has 2 N–H and O–H groups in total. The number of methoxy groups -OCH3 is 1. The molecule has 8 heteroatoms. The molecule has 0 fully saturated rings. The van der Waals surface area contributed by atoms with Crippen LogP contribution in [0.15, 0.2) is 24.5 Å². The van der Waals surface area contributed by atoms with Crippen molar-refractivity contribution in [3.63, 3.8) is 0 Å². The zero-order valence-corrected chi connectivity index (χ0v) is 11.3. The Morgan fingerprint density at radius 2 is 2.30 bits per heavy atom. The van der Waals surface area contributed by atoms with Crippen LogP contribution >= 0.6 is 0 Å². The number of tetrazole rings is 1. The normalized spacial score (nSPS) is 10.3. The summed E-state index contributed by atoms with van der Waals surface area (Å²) in [6, 6.07) is 5.23. The van der Waals surface area contributed by atoms with E-state index in [1.807, 2.05) is 25.1 Å². The number of ether oxygens (including phenoxy) is 1. The van der Waals surface area contributed by atoms with Crippen LogP contribution in [0.4, 0.5) is 10.5 Å². The molecule has 1 heterocycles. The number of aryl methyl sites for hydroxylation is 1. The molecule has 0 unspecified atom stereocenters.